The summed E-state index contributed by atoms with van der Waals surface area (Å²) in [5.41, 5.74) is 3.84. The van der Waals surface area contributed by atoms with Crippen LogP contribution >= 0.6 is 27.3 Å². The van der Waals surface area contributed by atoms with Gasteiger partial charge in [0.25, 0.3) is 5.91 Å². The molecule has 0 radical (unpaired) electrons. The van der Waals surface area contributed by atoms with Crippen LogP contribution in [0.3, 0.4) is 0 Å². The molecule has 29 heavy (non-hydrogen) atoms. The molecule has 2 aromatic carbocycles. The summed E-state index contributed by atoms with van der Waals surface area (Å²) in [5, 5.41) is 4.46. The van der Waals surface area contributed by atoms with Crippen LogP contribution in [0.5, 0.6) is 0 Å². The van der Waals surface area contributed by atoms with Crippen molar-refractivity contribution in [2.45, 2.75) is 24.8 Å². The average molecular weight is 491 g/mol. The number of nitrogens with one attached hydrogen (secondary N) is 1. The Morgan fingerprint density at radius 3 is 2.66 bits per heavy atom. The highest BCUT2D eigenvalue weighted by Gasteiger charge is 2.32. The fourth-order valence-electron chi connectivity index (χ4n) is 3.38. The van der Waals surface area contributed by atoms with Crippen molar-refractivity contribution in [3.8, 4) is 0 Å². The Hall–Kier alpha value is -2.00. The minimum Gasteiger partial charge on any atom is -0.320 e. The number of amides is 1. The van der Waals surface area contributed by atoms with Gasteiger partial charge in [-0.05, 0) is 69.5 Å². The molecule has 1 aliphatic rings. The van der Waals surface area contributed by atoms with E-state index in [2.05, 4.69) is 21.2 Å². The van der Waals surface area contributed by atoms with Crippen molar-refractivity contribution >= 4 is 48.9 Å². The first-order valence-corrected chi connectivity index (χ1v) is 12.2. The van der Waals surface area contributed by atoms with E-state index >= 15 is 0 Å². The number of rotatable bonds is 4. The summed E-state index contributed by atoms with van der Waals surface area (Å²) in [5.74, 6) is -0.430. The summed E-state index contributed by atoms with van der Waals surface area (Å²) in [6, 6.07) is 14.9. The molecular formula is C21H19BrN2O3S2. The first kappa shape index (κ1) is 20.3. The Balaban J connectivity index is 1.60. The van der Waals surface area contributed by atoms with Crippen LogP contribution in [-0.4, -0.2) is 25.2 Å². The van der Waals surface area contributed by atoms with Crippen molar-refractivity contribution in [3.05, 3.63) is 80.0 Å². The van der Waals surface area contributed by atoms with Gasteiger partial charge >= 0.3 is 0 Å². The quantitative estimate of drug-likeness (QED) is 0.569. The van der Waals surface area contributed by atoms with Crippen LogP contribution in [0.1, 0.15) is 26.4 Å². The van der Waals surface area contributed by atoms with Crippen molar-refractivity contribution in [2.75, 3.05) is 11.9 Å². The van der Waals surface area contributed by atoms with E-state index in [0.29, 0.717) is 25.2 Å². The maximum Gasteiger partial charge on any atom is 0.267 e. The summed E-state index contributed by atoms with van der Waals surface area (Å²) in [4.78, 5) is 13.1. The van der Waals surface area contributed by atoms with E-state index in [1.165, 1.54) is 15.9 Å². The van der Waals surface area contributed by atoms with Gasteiger partial charge in [-0.15, -0.1) is 11.3 Å². The zero-order valence-corrected chi connectivity index (χ0v) is 18.9. The molecule has 0 saturated carbocycles. The van der Waals surface area contributed by atoms with Crippen molar-refractivity contribution in [1.82, 2.24) is 4.31 Å². The highest BCUT2D eigenvalue weighted by molar-refractivity contribution is 9.10. The van der Waals surface area contributed by atoms with Gasteiger partial charge in [-0.3, -0.25) is 4.79 Å². The molecule has 5 nitrogen and oxygen atoms in total. The van der Waals surface area contributed by atoms with Gasteiger partial charge in [0, 0.05) is 17.6 Å². The summed E-state index contributed by atoms with van der Waals surface area (Å²) in [7, 11) is -3.78. The first-order chi connectivity index (χ1) is 13.9. The maximum absolute atomic E-state index is 13.3. The monoisotopic (exact) mass is 490 g/mol. The number of aryl methyl sites for hydroxylation is 1. The predicted molar refractivity (Wildman–Crippen MR) is 119 cm³/mol. The van der Waals surface area contributed by atoms with Crippen LogP contribution in [0.2, 0.25) is 0 Å². The Morgan fingerprint density at radius 1 is 1.14 bits per heavy atom. The summed E-state index contributed by atoms with van der Waals surface area (Å²) in [6.07, 6.45) is 0.664. The molecular weight excluding hydrogens is 472 g/mol. The van der Waals surface area contributed by atoms with Crippen molar-refractivity contribution in [1.29, 1.82) is 0 Å². The van der Waals surface area contributed by atoms with E-state index in [4.69, 9.17) is 0 Å². The molecule has 0 bridgehead atoms. The molecule has 4 rings (SSSR count). The molecule has 2 heterocycles. The van der Waals surface area contributed by atoms with E-state index in [1.54, 1.807) is 11.4 Å². The lowest BCUT2D eigenvalue weighted by atomic mass is 10.0. The fourth-order valence-corrected chi connectivity index (χ4v) is 6.69. The molecule has 0 aliphatic carbocycles. The van der Waals surface area contributed by atoms with Crippen LogP contribution in [-0.2, 0) is 23.0 Å². The third-order valence-electron chi connectivity index (χ3n) is 4.92. The van der Waals surface area contributed by atoms with Gasteiger partial charge in [0.05, 0.1) is 5.69 Å². The molecule has 1 aromatic heterocycles. The van der Waals surface area contributed by atoms with E-state index in [1.807, 2.05) is 43.3 Å². The highest BCUT2D eigenvalue weighted by Crippen LogP contribution is 2.31. The number of halogens is 1. The van der Waals surface area contributed by atoms with Gasteiger partial charge in [0.15, 0.2) is 0 Å². The minimum atomic E-state index is -3.78. The summed E-state index contributed by atoms with van der Waals surface area (Å²) in [6.45, 7) is 2.68. The number of hydrogen-bond donors (Lipinski definition) is 1. The van der Waals surface area contributed by atoms with Crippen LogP contribution in [0, 0.1) is 6.92 Å². The van der Waals surface area contributed by atoms with E-state index < -0.39 is 15.9 Å². The Labute approximate surface area is 182 Å². The zero-order chi connectivity index (χ0) is 20.6. The SMILES string of the molecule is Cc1ccc(NC(=O)c2sccc2S(=O)(=O)N2CCc3ccccc3C2)c(Br)c1. The molecule has 0 atom stereocenters. The standard InChI is InChI=1S/C21H19BrN2O3S2/c1-14-6-7-18(17(22)12-14)23-21(25)20-19(9-11-28-20)29(26,27)24-10-8-15-4-2-3-5-16(15)13-24/h2-7,9,11-12H,8,10,13H2,1H3,(H,23,25). The van der Waals surface area contributed by atoms with Crippen LogP contribution < -0.4 is 5.32 Å². The molecule has 1 amide bonds. The lowest BCUT2D eigenvalue weighted by molar-refractivity contribution is 0.102. The van der Waals surface area contributed by atoms with Gasteiger partial charge in [0.2, 0.25) is 10.0 Å². The third kappa shape index (κ3) is 4.02. The van der Waals surface area contributed by atoms with Gasteiger partial charge in [0.1, 0.15) is 9.77 Å². The molecule has 0 saturated heterocycles. The number of thiophene rings is 1. The second-order valence-corrected chi connectivity index (χ2v) is 10.6. The topological polar surface area (TPSA) is 66.5 Å². The maximum atomic E-state index is 13.3. The Bertz CT molecular complexity index is 1190. The third-order valence-corrected chi connectivity index (χ3v) is 8.51. The summed E-state index contributed by atoms with van der Waals surface area (Å²) >= 11 is 4.57. The van der Waals surface area contributed by atoms with Gasteiger partial charge in [-0.1, -0.05) is 30.3 Å². The van der Waals surface area contributed by atoms with Gasteiger partial charge in [-0.2, -0.15) is 4.31 Å². The van der Waals surface area contributed by atoms with Gasteiger partial charge in [-0.25, -0.2) is 8.42 Å². The number of anilines is 1. The highest BCUT2D eigenvalue weighted by atomic mass is 79.9. The van der Waals surface area contributed by atoms with Crippen LogP contribution in [0.25, 0.3) is 0 Å². The second-order valence-electron chi connectivity index (χ2n) is 6.91. The van der Waals surface area contributed by atoms with Crippen LogP contribution in [0.4, 0.5) is 5.69 Å². The molecule has 1 N–H and O–H groups in total. The van der Waals surface area contributed by atoms with E-state index in [0.717, 1.165) is 26.9 Å². The first-order valence-electron chi connectivity index (χ1n) is 9.08. The second kappa shape index (κ2) is 8.02. The number of benzene rings is 2. The smallest absolute Gasteiger partial charge is 0.267 e. The molecule has 0 spiro atoms. The van der Waals surface area contributed by atoms with Gasteiger partial charge < -0.3 is 5.32 Å². The zero-order valence-electron chi connectivity index (χ0n) is 15.7. The Kier molecular flexibility index (Phi) is 5.61. The lowest BCUT2D eigenvalue weighted by Gasteiger charge is -2.28. The fraction of sp³-hybridized carbons (Fsp3) is 0.190. The minimum absolute atomic E-state index is 0.0580. The number of hydrogen-bond acceptors (Lipinski definition) is 4. The van der Waals surface area contributed by atoms with Crippen molar-refractivity contribution in [3.63, 3.8) is 0 Å². The molecule has 0 unspecified atom stereocenters. The lowest BCUT2D eigenvalue weighted by Crippen LogP contribution is -2.36. The molecule has 0 fully saturated rings. The number of carbonyl (C=O) groups is 1. The number of fused-ring (bicyclic) bond motifs is 1. The molecule has 150 valence electrons. The Morgan fingerprint density at radius 2 is 1.90 bits per heavy atom. The predicted octanol–water partition coefficient (Wildman–Crippen LogP) is 4.82. The van der Waals surface area contributed by atoms with Crippen molar-refractivity contribution < 1.29 is 13.2 Å². The van der Waals surface area contributed by atoms with Crippen molar-refractivity contribution in [2.24, 2.45) is 0 Å². The largest absolute Gasteiger partial charge is 0.320 e. The summed E-state index contributed by atoms with van der Waals surface area (Å²) < 4.78 is 28.8. The van der Waals surface area contributed by atoms with E-state index in [-0.39, 0.29) is 9.77 Å². The van der Waals surface area contributed by atoms with Crippen LogP contribution in [0.15, 0.2) is 63.3 Å². The number of nitrogens with zero attached hydrogens (tertiary/aromatic N) is 1. The molecule has 8 heteroatoms. The normalized spacial score (nSPS) is 14.4. The number of carbonyl (C=O) groups excluding carboxylic acids is 1. The number of sulfonamides is 1. The molecule has 3 aromatic rings. The van der Waals surface area contributed by atoms with E-state index in [9.17, 15) is 13.2 Å². The molecule has 1 aliphatic heterocycles. The average Bonchev–Trinajstić information content (AvgIpc) is 3.20.